The second-order valence-corrected chi connectivity index (χ2v) is 6.84. The Morgan fingerprint density at radius 2 is 1.82 bits per heavy atom. The van der Waals surface area contributed by atoms with Gasteiger partial charge in [-0.1, -0.05) is 11.6 Å². The highest BCUT2D eigenvalue weighted by atomic mass is 35.5. The van der Waals surface area contributed by atoms with Gasteiger partial charge < -0.3 is 9.30 Å². The maximum absolute atomic E-state index is 13.1. The molecule has 2 aromatic heterocycles. The Morgan fingerprint density at radius 1 is 1.18 bits per heavy atom. The number of carbonyl (C=O) groups excluding carboxylic acids is 2. The summed E-state index contributed by atoms with van der Waals surface area (Å²) in [7, 11) is 1.86. The van der Waals surface area contributed by atoms with Crippen LogP contribution in [0, 0.1) is 26.6 Å². The van der Waals surface area contributed by atoms with Crippen LogP contribution in [0.1, 0.15) is 37.8 Å². The van der Waals surface area contributed by atoms with E-state index in [2.05, 4.69) is 5.10 Å². The van der Waals surface area contributed by atoms with Crippen LogP contribution in [0.5, 0.6) is 0 Å². The van der Waals surface area contributed by atoms with Gasteiger partial charge in [-0.2, -0.15) is 5.10 Å². The van der Waals surface area contributed by atoms with Crippen molar-refractivity contribution in [1.82, 2.24) is 14.3 Å². The lowest BCUT2D eigenvalue weighted by atomic mass is 10.1. The van der Waals surface area contributed by atoms with E-state index >= 15 is 0 Å². The highest BCUT2D eigenvalue weighted by Gasteiger charge is 2.24. The summed E-state index contributed by atoms with van der Waals surface area (Å²) in [6.45, 7) is 4.92. The van der Waals surface area contributed by atoms with Crippen LogP contribution in [-0.4, -0.2) is 32.7 Å². The minimum Gasteiger partial charge on any atom is -0.454 e. The van der Waals surface area contributed by atoms with Crippen molar-refractivity contribution in [1.29, 1.82) is 0 Å². The van der Waals surface area contributed by atoms with Gasteiger partial charge in [0.05, 0.1) is 11.4 Å². The monoisotopic (exact) mass is 403 g/mol. The first-order valence-corrected chi connectivity index (χ1v) is 8.92. The van der Waals surface area contributed by atoms with Crippen LogP contribution in [0.15, 0.2) is 30.3 Å². The Balaban J connectivity index is 1.78. The Kier molecular flexibility index (Phi) is 5.38. The van der Waals surface area contributed by atoms with Gasteiger partial charge in [0, 0.05) is 24.0 Å². The SMILES string of the molecule is Cc1nn(-c2ccc(F)cc2)c(Cl)c1C(=O)OCC(=O)c1cc(C)n(C)c1C. The molecule has 0 aliphatic rings. The summed E-state index contributed by atoms with van der Waals surface area (Å²) in [5.41, 5.74) is 3.17. The maximum Gasteiger partial charge on any atom is 0.343 e. The standard InChI is InChI=1S/C20H19ClFN3O3/c1-11-9-16(13(3)24(11)4)17(26)10-28-20(27)18-12(2)23-25(19(18)21)15-7-5-14(22)6-8-15/h5-9H,10H2,1-4H3. The molecule has 146 valence electrons. The fourth-order valence-electron chi connectivity index (χ4n) is 2.90. The van der Waals surface area contributed by atoms with E-state index in [1.54, 1.807) is 13.0 Å². The van der Waals surface area contributed by atoms with Crippen LogP contribution in [0.4, 0.5) is 4.39 Å². The third-order valence-corrected chi connectivity index (χ3v) is 5.04. The lowest BCUT2D eigenvalue weighted by molar-refractivity contribution is 0.0474. The van der Waals surface area contributed by atoms with Gasteiger partial charge in [0.15, 0.2) is 6.61 Å². The summed E-state index contributed by atoms with van der Waals surface area (Å²) in [6, 6.07) is 7.28. The second-order valence-electron chi connectivity index (χ2n) is 6.48. The molecule has 0 amide bonds. The first-order valence-electron chi connectivity index (χ1n) is 8.55. The number of aryl methyl sites for hydroxylation is 2. The molecule has 0 saturated carbocycles. The average Bonchev–Trinajstić information content (AvgIpc) is 3.10. The Labute approximate surface area is 166 Å². The molecule has 0 radical (unpaired) electrons. The highest BCUT2D eigenvalue weighted by molar-refractivity contribution is 6.33. The number of benzene rings is 1. The molecule has 0 fully saturated rings. The number of carbonyl (C=O) groups is 2. The van der Waals surface area contributed by atoms with E-state index in [0.29, 0.717) is 16.9 Å². The Hall–Kier alpha value is -2.93. The third kappa shape index (κ3) is 3.57. The van der Waals surface area contributed by atoms with E-state index in [9.17, 15) is 14.0 Å². The molecule has 0 spiro atoms. The molecule has 2 heterocycles. The molecule has 0 atom stereocenters. The lowest BCUT2D eigenvalue weighted by Gasteiger charge is -2.06. The van der Waals surface area contributed by atoms with E-state index in [1.165, 1.54) is 28.9 Å². The van der Waals surface area contributed by atoms with Crippen LogP contribution >= 0.6 is 11.6 Å². The van der Waals surface area contributed by atoms with E-state index in [-0.39, 0.29) is 16.5 Å². The number of halogens is 2. The van der Waals surface area contributed by atoms with Crippen molar-refractivity contribution in [2.75, 3.05) is 6.61 Å². The van der Waals surface area contributed by atoms with E-state index in [4.69, 9.17) is 16.3 Å². The molecular formula is C20H19ClFN3O3. The number of nitrogens with zero attached hydrogens (tertiary/aromatic N) is 3. The quantitative estimate of drug-likeness (QED) is 0.477. The molecule has 3 rings (SSSR count). The predicted molar refractivity (Wildman–Crippen MR) is 103 cm³/mol. The zero-order valence-corrected chi connectivity index (χ0v) is 16.7. The van der Waals surface area contributed by atoms with Gasteiger partial charge in [-0.25, -0.2) is 13.9 Å². The van der Waals surface area contributed by atoms with Gasteiger partial charge in [-0.3, -0.25) is 4.79 Å². The highest BCUT2D eigenvalue weighted by Crippen LogP contribution is 2.24. The number of hydrogen-bond donors (Lipinski definition) is 0. The van der Waals surface area contributed by atoms with Crippen LogP contribution in [-0.2, 0) is 11.8 Å². The summed E-state index contributed by atoms with van der Waals surface area (Å²) in [4.78, 5) is 24.9. The van der Waals surface area contributed by atoms with E-state index in [0.717, 1.165) is 11.4 Å². The van der Waals surface area contributed by atoms with Crippen molar-refractivity contribution in [3.63, 3.8) is 0 Å². The van der Waals surface area contributed by atoms with Gasteiger partial charge in [-0.15, -0.1) is 0 Å². The van der Waals surface area contributed by atoms with E-state index in [1.807, 2.05) is 25.5 Å². The van der Waals surface area contributed by atoms with Crippen molar-refractivity contribution in [2.24, 2.45) is 7.05 Å². The predicted octanol–water partition coefficient (Wildman–Crippen LogP) is 3.97. The van der Waals surface area contributed by atoms with Crippen molar-refractivity contribution >= 4 is 23.4 Å². The van der Waals surface area contributed by atoms with E-state index < -0.39 is 18.4 Å². The molecule has 6 nitrogen and oxygen atoms in total. The average molecular weight is 404 g/mol. The largest absolute Gasteiger partial charge is 0.454 e. The summed E-state index contributed by atoms with van der Waals surface area (Å²) in [5, 5.41) is 4.25. The van der Waals surface area contributed by atoms with Crippen LogP contribution < -0.4 is 0 Å². The first-order chi connectivity index (χ1) is 13.2. The zero-order valence-electron chi connectivity index (χ0n) is 15.9. The number of ketones is 1. The summed E-state index contributed by atoms with van der Waals surface area (Å²) < 4.78 is 21.5. The Morgan fingerprint density at radius 3 is 2.39 bits per heavy atom. The molecule has 0 unspecified atom stereocenters. The molecule has 0 aliphatic carbocycles. The molecule has 0 aliphatic heterocycles. The smallest absolute Gasteiger partial charge is 0.343 e. The zero-order chi connectivity index (χ0) is 20.6. The van der Waals surface area contributed by atoms with Gasteiger partial charge in [0.1, 0.15) is 16.5 Å². The summed E-state index contributed by atoms with van der Waals surface area (Å²) in [6.07, 6.45) is 0. The molecule has 8 heteroatoms. The topological polar surface area (TPSA) is 66.1 Å². The van der Waals surface area contributed by atoms with Crippen molar-refractivity contribution in [2.45, 2.75) is 20.8 Å². The first kappa shape index (κ1) is 19.8. The summed E-state index contributed by atoms with van der Waals surface area (Å²) in [5.74, 6) is -1.43. The van der Waals surface area contributed by atoms with Crippen LogP contribution in [0.3, 0.4) is 0 Å². The molecule has 0 bridgehead atoms. The fraction of sp³-hybridized carbons (Fsp3) is 0.250. The minimum absolute atomic E-state index is 0.0355. The normalized spacial score (nSPS) is 10.9. The molecule has 0 saturated heterocycles. The molecule has 0 N–H and O–H groups in total. The number of ether oxygens (including phenoxy) is 1. The summed E-state index contributed by atoms with van der Waals surface area (Å²) >= 11 is 6.30. The van der Waals surface area contributed by atoms with Crippen LogP contribution in [0.25, 0.3) is 5.69 Å². The third-order valence-electron chi connectivity index (χ3n) is 4.69. The number of esters is 1. The van der Waals surface area contributed by atoms with Crippen molar-refractivity contribution < 1.29 is 18.7 Å². The fourth-order valence-corrected chi connectivity index (χ4v) is 3.25. The maximum atomic E-state index is 13.1. The van der Waals surface area contributed by atoms with Gasteiger partial charge in [-0.05, 0) is 51.1 Å². The molecular weight excluding hydrogens is 385 g/mol. The van der Waals surface area contributed by atoms with Gasteiger partial charge in [0.25, 0.3) is 0 Å². The minimum atomic E-state index is -0.741. The molecule has 3 aromatic rings. The second kappa shape index (κ2) is 7.59. The Bertz CT molecular complexity index is 1070. The molecule has 28 heavy (non-hydrogen) atoms. The number of aromatic nitrogens is 3. The van der Waals surface area contributed by atoms with Crippen LogP contribution in [0.2, 0.25) is 5.15 Å². The number of rotatable bonds is 5. The van der Waals surface area contributed by atoms with Crippen molar-refractivity contribution in [3.8, 4) is 5.69 Å². The molecule has 1 aromatic carbocycles. The number of hydrogen-bond acceptors (Lipinski definition) is 4. The lowest BCUT2D eigenvalue weighted by Crippen LogP contribution is -2.15. The van der Waals surface area contributed by atoms with Gasteiger partial charge >= 0.3 is 5.97 Å². The number of Topliss-reactive ketones (excluding diaryl/α,β-unsaturated/α-hetero) is 1. The van der Waals surface area contributed by atoms with Crippen molar-refractivity contribution in [3.05, 3.63) is 69.5 Å². The van der Waals surface area contributed by atoms with Gasteiger partial charge in [0.2, 0.25) is 5.78 Å².